The normalized spacial score (nSPS) is 17.1. The van der Waals surface area contributed by atoms with Gasteiger partial charge in [0, 0.05) is 5.92 Å². The number of ether oxygens (including phenoxy) is 1. The van der Waals surface area contributed by atoms with Crippen LogP contribution in [-0.2, 0) is 21.9 Å². The number of phenolic OH excluding ortho intramolecular Hbond substituents is 1. The number of hydrogen-bond donors (Lipinski definition) is 1. The second-order valence-electron chi connectivity index (χ2n) is 5.18. The van der Waals surface area contributed by atoms with Crippen LogP contribution < -0.4 is 4.74 Å². The molecule has 4 heteroatoms. The predicted molar refractivity (Wildman–Crippen MR) is 99.8 cm³/mol. The van der Waals surface area contributed by atoms with Crippen LogP contribution in [0.15, 0.2) is 36.4 Å². The Morgan fingerprint density at radius 1 is 0.923 bits per heavy atom. The minimum atomic E-state index is -0.0989. The Bertz CT molecular complexity index is 590. The summed E-state index contributed by atoms with van der Waals surface area (Å²) >= 11 is 0. The minimum absolute atomic E-state index is 0. The van der Waals surface area contributed by atoms with Crippen LogP contribution in [0.1, 0.15) is 5.56 Å². The maximum atomic E-state index is 11.7. The van der Waals surface area contributed by atoms with E-state index in [4.69, 9.17) is 4.74 Å². The Balaban J connectivity index is 0.000000486. The van der Waals surface area contributed by atoms with Gasteiger partial charge in [-0.1, -0.05) is 18.2 Å². The zero-order valence-electron chi connectivity index (χ0n) is 14.4. The molecule has 0 atom stereocenters. The van der Waals surface area contributed by atoms with Crippen molar-refractivity contribution >= 4 is 11.9 Å². The van der Waals surface area contributed by atoms with Gasteiger partial charge in [-0.2, -0.15) is 0 Å². The van der Waals surface area contributed by atoms with Crippen LogP contribution in [0.5, 0.6) is 11.5 Å². The molecule has 2 aliphatic carbocycles. The third-order valence-corrected chi connectivity index (χ3v) is 3.33. The van der Waals surface area contributed by atoms with Crippen molar-refractivity contribution in [1.29, 1.82) is 0 Å². The summed E-state index contributed by atoms with van der Waals surface area (Å²) in [5.41, 5.74) is 0.787. The van der Waals surface area contributed by atoms with Crippen molar-refractivity contribution in [3.05, 3.63) is 106 Å². The fourth-order valence-electron chi connectivity index (χ4n) is 2.03. The van der Waals surface area contributed by atoms with E-state index in [-0.39, 0.29) is 28.6 Å². The van der Waals surface area contributed by atoms with E-state index >= 15 is 0 Å². The predicted octanol–water partition coefficient (Wildman–Crippen LogP) is 3.96. The number of benzene rings is 1. The van der Waals surface area contributed by atoms with Gasteiger partial charge in [-0.25, -0.2) is 0 Å². The number of phenols is 1. The van der Waals surface area contributed by atoms with Crippen molar-refractivity contribution in [3.8, 4) is 11.5 Å². The number of aromatic hydroxyl groups is 1. The van der Waals surface area contributed by atoms with Gasteiger partial charge in [0.15, 0.2) is 17.3 Å². The van der Waals surface area contributed by atoms with Crippen LogP contribution >= 0.6 is 0 Å². The van der Waals surface area contributed by atoms with Crippen LogP contribution in [0.2, 0.25) is 0 Å². The quantitative estimate of drug-likeness (QED) is 0.614. The molecule has 1 N–H and O–H groups in total. The standard InChI is InChI=1S/C17H15O3.C5H5.Fe/c1-20-17-12-14(8-11-16(17)19)7-10-15(18)9-6-13-4-2-3-5-13;1-2-4-5-3-1;/h2-12,19H,1H3;1-5H;/q;;+2/b9-6+,10-7+;;. The van der Waals surface area contributed by atoms with Gasteiger partial charge < -0.3 is 9.84 Å². The number of carbonyl (C=O) groups excluding carboxylic acids is 1. The largest absolute Gasteiger partial charge is 2.00 e. The SMILES string of the molecule is COc1cc(/C=C/C(=O)/C=C/[C]2[CH][CH][CH][CH]2)ccc1O.[CH]1[CH][CH][CH][CH]1.[Fe+2]. The molecule has 3 rings (SSSR count). The van der Waals surface area contributed by atoms with Crippen molar-refractivity contribution < 1.29 is 31.7 Å². The average Bonchev–Trinajstić information content (AvgIpc) is 3.35. The van der Waals surface area contributed by atoms with E-state index in [0.29, 0.717) is 5.75 Å². The third-order valence-electron chi connectivity index (χ3n) is 3.33. The molecule has 1 aromatic carbocycles. The van der Waals surface area contributed by atoms with E-state index in [0.717, 1.165) is 11.5 Å². The molecule has 3 nitrogen and oxygen atoms in total. The fraction of sp³-hybridized carbons (Fsp3) is 0.0455. The third kappa shape index (κ3) is 8.25. The van der Waals surface area contributed by atoms with E-state index in [1.807, 2.05) is 57.8 Å². The Hall–Kier alpha value is -1.51. The number of methoxy groups -OCH3 is 1. The Kier molecular flexibility index (Phi) is 11.1. The van der Waals surface area contributed by atoms with Gasteiger partial charge >= 0.3 is 17.1 Å². The van der Waals surface area contributed by atoms with Gasteiger partial charge in [0.2, 0.25) is 0 Å². The monoisotopic (exact) mass is 388 g/mol. The molecule has 1 aromatic rings. The molecule has 2 fully saturated rings. The molecule has 0 bridgehead atoms. The van der Waals surface area contributed by atoms with Crippen LogP contribution in [0, 0.1) is 63.7 Å². The summed E-state index contributed by atoms with van der Waals surface area (Å²) in [6.07, 6.45) is 24.1. The van der Waals surface area contributed by atoms with Gasteiger partial charge in [0.25, 0.3) is 0 Å². The topological polar surface area (TPSA) is 46.5 Å². The van der Waals surface area contributed by atoms with E-state index in [2.05, 4.69) is 0 Å². The van der Waals surface area contributed by atoms with Gasteiger partial charge in [-0.3, -0.25) is 4.79 Å². The number of rotatable bonds is 5. The molecule has 26 heavy (non-hydrogen) atoms. The van der Waals surface area contributed by atoms with Crippen molar-refractivity contribution in [2.45, 2.75) is 0 Å². The first-order valence-electron chi connectivity index (χ1n) is 7.84. The molecule has 132 valence electrons. The number of ketones is 1. The molecular weight excluding hydrogens is 368 g/mol. The van der Waals surface area contributed by atoms with Crippen molar-refractivity contribution in [2.75, 3.05) is 7.11 Å². The van der Waals surface area contributed by atoms with Crippen molar-refractivity contribution in [2.24, 2.45) is 0 Å². The first-order chi connectivity index (χ1) is 12.2. The minimum Gasteiger partial charge on any atom is -0.504 e. The van der Waals surface area contributed by atoms with E-state index in [9.17, 15) is 9.90 Å². The Morgan fingerprint density at radius 2 is 1.50 bits per heavy atom. The maximum Gasteiger partial charge on any atom is 2.00 e. The van der Waals surface area contributed by atoms with Crippen molar-refractivity contribution in [3.63, 3.8) is 0 Å². The van der Waals surface area contributed by atoms with Gasteiger partial charge in [0.05, 0.1) is 7.11 Å². The van der Waals surface area contributed by atoms with Gasteiger partial charge in [-0.15, -0.1) is 0 Å². The molecule has 0 spiro atoms. The van der Waals surface area contributed by atoms with Crippen molar-refractivity contribution in [1.82, 2.24) is 0 Å². The first kappa shape index (κ1) is 22.5. The molecule has 0 saturated heterocycles. The molecule has 0 unspecified atom stereocenters. The summed E-state index contributed by atoms with van der Waals surface area (Å²) in [6, 6.07) is 4.91. The second kappa shape index (κ2) is 12.8. The molecular formula is C22H20FeO3+2. The fourth-order valence-corrected chi connectivity index (χ4v) is 2.03. The number of allylic oxidation sites excluding steroid dienone is 3. The summed E-state index contributed by atoms with van der Waals surface area (Å²) < 4.78 is 5.01. The van der Waals surface area contributed by atoms with E-state index in [1.54, 1.807) is 24.3 Å². The molecule has 2 aliphatic rings. The summed E-state index contributed by atoms with van der Waals surface area (Å²) in [6.45, 7) is 0. The molecule has 10 radical (unpaired) electrons. The first-order valence-corrected chi connectivity index (χ1v) is 7.84. The molecule has 2 saturated carbocycles. The Morgan fingerprint density at radius 3 is 2.08 bits per heavy atom. The summed E-state index contributed by atoms with van der Waals surface area (Å²) in [4.78, 5) is 11.7. The second-order valence-corrected chi connectivity index (χ2v) is 5.18. The summed E-state index contributed by atoms with van der Waals surface area (Å²) in [7, 11) is 1.48. The zero-order chi connectivity index (χ0) is 17.9. The van der Waals surface area contributed by atoms with Gasteiger partial charge in [0.1, 0.15) is 0 Å². The average molecular weight is 388 g/mol. The number of carbonyl (C=O) groups is 1. The molecule has 0 amide bonds. The van der Waals surface area contributed by atoms with Crippen LogP contribution in [0.25, 0.3) is 6.08 Å². The number of hydrogen-bond acceptors (Lipinski definition) is 3. The summed E-state index contributed by atoms with van der Waals surface area (Å²) in [5.74, 6) is 1.36. The smallest absolute Gasteiger partial charge is 0.504 e. The van der Waals surface area contributed by atoms with Gasteiger partial charge in [-0.05, 0) is 87.6 Å². The molecule has 0 aliphatic heterocycles. The summed E-state index contributed by atoms with van der Waals surface area (Å²) in [5, 5.41) is 9.48. The van der Waals surface area contributed by atoms with E-state index in [1.165, 1.54) is 25.3 Å². The molecule has 0 heterocycles. The van der Waals surface area contributed by atoms with Crippen LogP contribution in [-0.4, -0.2) is 18.0 Å². The van der Waals surface area contributed by atoms with Crippen LogP contribution in [0.4, 0.5) is 0 Å². The van der Waals surface area contributed by atoms with E-state index < -0.39 is 0 Å². The maximum absolute atomic E-state index is 11.7. The zero-order valence-corrected chi connectivity index (χ0v) is 15.5. The van der Waals surface area contributed by atoms with Crippen LogP contribution in [0.3, 0.4) is 0 Å². The molecule has 0 aromatic heterocycles. The Labute approximate surface area is 168 Å².